The molecule has 1 aromatic carbocycles. The van der Waals surface area contributed by atoms with Crippen LogP contribution in [-0.4, -0.2) is 70.2 Å². The number of urea groups is 1. The molecule has 7 nitrogen and oxygen atoms in total. The average molecular weight is 363 g/mol. The fourth-order valence-corrected chi connectivity index (χ4v) is 3.41. The first-order valence-corrected chi connectivity index (χ1v) is 9.05. The maximum absolute atomic E-state index is 13.2. The normalized spacial score (nSPS) is 18.2. The molecule has 2 amide bonds. The van der Waals surface area contributed by atoms with Crippen LogP contribution < -0.4 is 5.32 Å². The number of aromatic nitrogens is 2. The number of rotatable bonds is 6. The number of carbonyl (C=O) groups excluding carboxylic acids is 1. The summed E-state index contributed by atoms with van der Waals surface area (Å²) >= 11 is 0. The fourth-order valence-electron chi connectivity index (χ4n) is 3.41. The van der Waals surface area contributed by atoms with Gasteiger partial charge >= 0.3 is 6.03 Å². The van der Waals surface area contributed by atoms with E-state index in [1.807, 2.05) is 0 Å². The molecule has 2 heterocycles. The van der Waals surface area contributed by atoms with Crippen molar-refractivity contribution in [1.29, 1.82) is 0 Å². The van der Waals surface area contributed by atoms with Crippen molar-refractivity contribution >= 4 is 17.1 Å². The number of aliphatic hydroxyl groups excluding tert-OH is 1. The molecule has 0 aliphatic carbocycles. The van der Waals surface area contributed by atoms with Crippen LogP contribution in [-0.2, 0) is 6.54 Å². The molecular weight excluding hydrogens is 337 g/mol. The number of piperidine rings is 1. The predicted molar refractivity (Wildman–Crippen MR) is 97.2 cm³/mol. The highest BCUT2D eigenvalue weighted by atomic mass is 19.1. The number of hydrogen-bond donors (Lipinski definition) is 3. The van der Waals surface area contributed by atoms with E-state index in [4.69, 9.17) is 0 Å². The number of benzene rings is 1. The number of carbonyl (C=O) groups is 1. The minimum absolute atomic E-state index is 0.167. The predicted octanol–water partition coefficient (Wildman–Crippen LogP) is 1.69. The van der Waals surface area contributed by atoms with E-state index in [2.05, 4.69) is 20.2 Å². The molecule has 1 saturated heterocycles. The highest BCUT2D eigenvalue weighted by molar-refractivity contribution is 5.76. The third kappa shape index (κ3) is 4.50. The minimum Gasteiger partial charge on any atom is -0.395 e. The van der Waals surface area contributed by atoms with Crippen LogP contribution in [0.25, 0.3) is 11.0 Å². The summed E-state index contributed by atoms with van der Waals surface area (Å²) < 4.78 is 13.2. The first-order valence-electron chi connectivity index (χ1n) is 9.05. The van der Waals surface area contributed by atoms with Gasteiger partial charge in [-0.15, -0.1) is 0 Å². The van der Waals surface area contributed by atoms with Crippen LogP contribution in [0, 0.1) is 5.82 Å². The van der Waals surface area contributed by atoms with E-state index in [0.717, 1.165) is 32.4 Å². The highest BCUT2D eigenvalue weighted by Crippen LogP contribution is 2.16. The van der Waals surface area contributed by atoms with Gasteiger partial charge in [0, 0.05) is 26.2 Å². The molecule has 26 heavy (non-hydrogen) atoms. The zero-order valence-corrected chi connectivity index (χ0v) is 15.0. The van der Waals surface area contributed by atoms with Crippen LogP contribution in [0.1, 0.15) is 25.1 Å². The summed E-state index contributed by atoms with van der Waals surface area (Å²) in [6, 6.07) is 4.38. The number of nitrogens with zero attached hydrogens (tertiary/aromatic N) is 3. The molecule has 1 aliphatic heterocycles. The molecule has 0 bridgehead atoms. The number of likely N-dealkylation sites (tertiary alicyclic amines) is 1. The lowest BCUT2D eigenvalue weighted by Gasteiger charge is -2.34. The molecule has 3 rings (SSSR count). The Morgan fingerprint density at radius 2 is 2.35 bits per heavy atom. The topological polar surface area (TPSA) is 84.5 Å². The van der Waals surface area contributed by atoms with Gasteiger partial charge < -0.3 is 20.3 Å². The van der Waals surface area contributed by atoms with Crippen molar-refractivity contribution in [3.05, 3.63) is 29.8 Å². The van der Waals surface area contributed by atoms with Crippen molar-refractivity contribution in [2.24, 2.45) is 0 Å². The van der Waals surface area contributed by atoms with Crippen LogP contribution in [0.15, 0.2) is 18.2 Å². The Morgan fingerprint density at radius 1 is 1.50 bits per heavy atom. The van der Waals surface area contributed by atoms with E-state index in [9.17, 15) is 14.3 Å². The monoisotopic (exact) mass is 363 g/mol. The number of H-pyrrole nitrogens is 1. The second-order valence-electron chi connectivity index (χ2n) is 6.80. The van der Waals surface area contributed by atoms with Crippen molar-refractivity contribution in [3.63, 3.8) is 0 Å². The molecule has 0 radical (unpaired) electrons. The quantitative estimate of drug-likeness (QED) is 0.729. The van der Waals surface area contributed by atoms with Crippen molar-refractivity contribution in [2.75, 3.05) is 33.3 Å². The van der Waals surface area contributed by atoms with Crippen LogP contribution >= 0.6 is 0 Å². The summed E-state index contributed by atoms with van der Waals surface area (Å²) in [5.41, 5.74) is 1.30. The molecule has 1 aliphatic rings. The van der Waals surface area contributed by atoms with Crippen LogP contribution in [0.3, 0.4) is 0 Å². The van der Waals surface area contributed by atoms with Crippen molar-refractivity contribution in [1.82, 2.24) is 25.1 Å². The largest absolute Gasteiger partial charge is 0.395 e. The van der Waals surface area contributed by atoms with E-state index >= 15 is 0 Å². The fraction of sp³-hybridized carbons (Fsp3) is 0.556. The molecule has 142 valence electrons. The second kappa shape index (κ2) is 8.46. The van der Waals surface area contributed by atoms with Gasteiger partial charge in [-0.1, -0.05) is 6.42 Å². The SMILES string of the molecule is CN(Cc1nc2ccc(F)cc2[nH]1)C(=O)NCCN1CCCC[C@H]1CO. The molecule has 3 N–H and O–H groups in total. The van der Waals surface area contributed by atoms with E-state index < -0.39 is 0 Å². The lowest BCUT2D eigenvalue weighted by molar-refractivity contribution is 0.0911. The molecule has 8 heteroatoms. The summed E-state index contributed by atoms with van der Waals surface area (Å²) in [6.07, 6.45) is 3.30. The van der Waals surface area contributed by atoms with E-state index in [1.54, 1.807) is 13.1 Å². The summed E-state index contributed by atoms with van der Waals surface area (Å²) in [5.74, 6) is 0.289. The van der Waals surface area contributed by atoms with Crippen LogP contribution in [0.4, 0.5) is 9.18 Å². The summed E-state index contributed by atoms with van der Waals surface area (Å²) in [4.78, 5) is 23.4. The van der Waals surface area contributed by atoms with Gasteiger partial charge in [0.05, 0.1) is 24.2 Å². The molecule has 1 atom stereocenters. The van der Waals surface area contributed by atoms with Gasteiger partial charge in [0.1, 0.15) is 11.6 Å². The number of hydrogen-bond acceptors (Lipinski definition) is 4. The Kier molecular flexibility index (Phi) is 6.05. The number of fused-ring (bicyclic) bond motifs is 1. The molecule has 1 fully saturated rings. The third-order valence-corrected chi connectivity index (χ3v) is 4.86. The number of imidazole rings is 1. The second-order valence-corrected chi connectivity index (χ2v) is 6.80. The molecular formula is C18H26FN5O2. The summed E-state index contributed by atoms with van der Waals surface area (Å²) in [5, 5.41) is 12.3. The number of nitrogens with one attached hydrogen (secondary N) is 2. The van der Waals surface area contributed by atoms with Crippen molar-refractivity contribution in [3.8, 4) is 0 Å². The van der Waals surface area contributed by atoms with Gasteiger partial charge in [-0.3, -0.25) is 4.90 Å². The maximum Gasteiger partial charge on any atom is 0.317 e. The van der Waals surface area contributed by atoms with E-state index in [1.165, 1.54) is 17.0 Å². The van der Waals surface area contributed by atoms with Gasteiger partial charge in [0.25, 0.3) is 0 Å². The molecule has 1 aromatic heterocycles. The third-order valence-electron chi connectivity index (χ3n) is 4.86. The molecule has 0 spiro atoms. The number of aromatic amines is 1. The van der Waals surface area contributed by atoms with Gasteiger partial charge in [-0.05, 0) is 37.6 Å². The highest BCUT2D eigenvalue weighted by Gasteiger charge is 2.21. The Morgan fingerprint density at radius 3 is 3.15 bits per heavy atom. The zero-order chi connectivity index (χ0) is 18.5. The van der Waals surface area contributed by atoms with E-state index in [0.29, 0.717) is 29.9 Å². The standard InChI is InChI=1S/C18H26FN5O2/c1-23(11-17-21-15-6-5-13(19)10-16(15)22-17)18(26)20-7-9-24-8-3-2-4-14(24)12-25/h5-6,10,14,25H,2-4,7-9,11-12H2,1H3,(H,20,26)(H,21,22)/t14-/m0/s1. The maximum atomic E-state index is 13.2. The lowest BCUT2D eigenvalue weighted by atomic mass is 10.0. The zero-order valence-electron chi connectivity index (χ0n) is 15.0. The van der Waals surface area contributed by atoms with Gasteiger partial charge in [0.2, 0.25) is 0 Å². The first-order chi connectivity index (χ1) is 12.6. The number of amides is 2. The van der Waals surface area contributed by atoms with Crippen LogP contribution in [0.5, 0.6) is 0 Å². The van der Waals surface area contributed by atoms with Crippen molar-refractivity contribution < 1.29 is 14.3 Å². The lowest BCUT2D eigenvalue weighted by Crippen LogP contribution is -2.47. The minimum atomic E-state index is -0.322. The van der Waals surface area contributed by atoms with Gasteiger partial charge in [-0.25, -0.2) is 14.2 Å². The number of halogens is 1. The molecule has 0 unspecified atom stereocenters. The van der Waals surface area contributed by atoms with Crippen LogP contribution in [0.2, 0.25) is 0 Å². The van der Waals surface area contributed by atoms with Crippen molar-refractivity contribution in [2.45, 2.75) is 31.8 Å². The Bertz CT molecular complexity index is 750. The van der Waals surface area contributed by atoms with Gasteiger partial charge in [-0.2, -0.15) is 0 Å². The van der Waals surface area contributed by atoms with E-state index in [-0.39, 0.29) is 24.5 Å². The average Bonchev–Trinajstić information content (AvgIpc) is 3.03. The smallest absolute Gasteiger partial charge is 0.317 e. The molecule has 2 aromatic rings. The first kappa shape index (κ1) is 18.6. The Labute approximate surface area is 152 Å². The Hall–Kier alpha value is -2.19. The summed E-state index contributed by atoms with van der Waals surface area (Å²) in [7, 11) is 1.69. The molecule has 0 saturated carbocycles. The summed E-state index contributed by atoms with van der Waals surface area (Å²) in [6.45, 7) is 2.71. The Balaban J connectivity index is 1.47. The number of aliphatic hydroxyl groups is 1. The van der Waals surface area contributed by atoms with Gasteiger partial charge in [0.15, 0.2) is 0 Å².